The molecule has 27 heavy (non-hydrogen) atoms. The molecule has 0 bridgehead atoms. The van der Waals surface area contributed by atoms with Crippen LogP contribution in [0.3, 0.4) is 0 Å². The second kappa shape index (κ2) is 7.25. The van der Waals surface area contributed by atoms with Crippen molar-refractivity contribution < 1.29 is 14.6 Å². The van der Waals surface area contributed by atoms with Crippen LogP contribution in [-0.2, 0) is 0 Å². The number of carbonyl (C=O) groups excluding carboxylic acids is 1. The van der Waals surface area contributed by atoms with Gasteiger partial charge in [0, 0.05) is 17.5 Å². The average Bonchev–Trinajstić information content (AvgIpc) is 3.37. The zero-order valence-electron chi connectivity index (χ0n) is 14.7. The van der Waals surface area contributed by atoms with E-state index in [4.69, 9.17) is 4.74 Å². The molecule has 0 saturated carbocycles. The van der Waals surface area contributed by atoms with Crippen molar-refractivity contribution in [3.8, 4) is 11.5 Å². The Kier molecular flexibility index (Phi) is 4.64. The van der Waals surface area contributed by atoms with Gasteiger partial charge in [-0.2, -0.15) is 16.4 Å². The van der Waals surface area contributed by atoms with Crippen molar-refractivity contribution in [1.29, 1.82) is 0 Å². The Labute approximate surface area is 161 Å². The number of amides is 1. The molecule has 1 aliphatic rings. The maximum atomic E-state index is 13.2. The Morgan fingerprint density at radius 2 is 2.07 bits per heavy atom. The van der Waals surface area contributed by atoms with E-state index in [-0.39, 0.29) is 17.7 Å². The summed E-state index contributed by atoms with van der Waals surface area (Å²) in [5, 5.41) is 20.0. The topological polar surface area (TPSA) is 62.1 Å². The van der Waals surface area contributed by atoms with Crippen LogP contribution in [-0.4, -0.2) is 28.8 Å². The molecule has 1 aliphatic heterocycles. The van der Waals surface area contributed by atoms with Gasteiger partial charge in [0.15, 0.2) is 0 Å². The largest absolute Gasteiger partial charge is 0.508 e. The summed E-state index contributed by atoms with van der Waals surface area (Å²) < 4.78 is 5.24. The minimum absolute atomic E-state index is 0.172. The van der Waals surface area contributed by atoms with E-state index in [0.29, 0.717) is 17.7 Å². The summed E-state index contributed by atoms with van der Waals surface area (Å²) in [6, 6.07) is 15.8. The van der Waals surface area contributed by atoms with E-state index in [9.17, 15) is 9.90 Å². The molecule has 0 aliphatic carbocycles. The molecule has 5 nitrogen and oxygen atoms in total. The number of hydrogen-bond donors (Lipinski definition) is 1. The molecule has 1 amide bonds. The zero-order chi connectivity index (χ0) is 18.8. The smallest absolute Gasteiger partial charge is 0.274 e. The number of rotatable bonds is 4. The van der Waals surface area contributed by atoms with E-state index in [2.05, 4.69) is 5.10 Å². The molecule has 2 aromatic carbocycles. The van der Waals surface area contributed by atoms with Gasteiger partial charge in [-0.3, -0.25) is 4.79 Å². The standard InChI is InChI=1S/C21H18N2O3S/c1-26-18-7-3-5-15(11-18)21(25)23-20(14-4-2-6-17(24)10-14)12-19(22-23)16-8-9-27-13-16/h2-11,13,20,24H,12H2,1H3/t20-/m0/s1. The first-order chi connectivity index (χ1) is 13.2. The highest BCUT2D eigenvalue weighted by molar-refractivity contribution is 7.08. The lowest BCUT2D eigenvalue weighted by atomic mass is 9.99. The third-order valence-electron chi connectivity index (χ3n) is 4.54. The maximum Gasteiger partial charge on any atom is 0.274 e. The highest BCUT2D eigenvalue weighted by atomic mass is 32.1. The van der Waals surface area contributed by atoms with Crippen molar-refractivity contribution in [2.75, 3.05) is 7.11 Å². The Morgan fingerprint density at radius 3 is 2.81 bits per heavy atom. The lowest BCUT2D eigenvalue weighted by Gasteiger charge is -2.22. The Morgan fingerprint density at radius 1 is 1.22 bits per heavy atom. The first-order valence-corrected chi connectivity index (χ1v) is 9.46. The summed E-state index contributed by atoms with van der Waals surface area (Å²) >= 11 is 1.60. The molecule has 0 saturated heterocycles. The molecular weight excluding hydrogens is 360 g/mol. The normalized spacial score (nSPS) is 16.3. The third kappa shape index (κ3) is 3.44. The predicted molar refractivity (Wildman–Crippen MR) is 105 cm³/mol. The number of hydrazone groups is 1. The molecule has 0 radical (unpaired) electrons. The highest BCUT2D eigenvalue weighted by Gasteiger charge is 2.34. The molecule has 6 heteroatoms. The van der Waals surface area contributed by atoms with Crippen LogP contribution >= 0.6 is 11.3 Å². The molecule has 3 aromatic rings. The Balaban J connectivity index is 1.73. The molecule has 0 unspecified atom stereocenters. The molecule has 0 fully saturated rings. The van der Waals surface area contributed by atoms with Crippen LogP contribution in [0, 0.1) is 0 Å². The third-order valence-corrected chi connectivity index (χ3v) is 5.23. The zero-order valence-corrected chi connectivity index (χ0v) is 15.5. The molecule has 1 N–H and O–H groups in total. The average molecular weight is 378 g/mol. The number of nitrogens with zero attached hydrogens (tertiary/aromatic N) is 2. The number of phenolic OH excluding ortho intramolecular Hbond substituents is 1. The molecule has 1 aromatic heterocycles. The molecule has 2 heterocycles. The summed E-state index contributed by atoms with van der Waals surface area (Å²) in [6.45, 7) is 0. The van der Waals surface area contributed by atoms with Gasteiger partial charge in [-0.1, -0.05) is 18.2 Å². The van der Waals surface area contributed by atoms with Crippen LogP contribution in [0.5, 0.6) is 11.5 Å². The van der Waals surface area contributed by atoms with Crippen molar-refractivity contribution in [2.24, 2.45) is 5.10 Å². The van der Waals surface area contributed by atoms with Crippen LogP contribution in [0.15, 0.2) is 70.5 Å². The fourth-order valence-corrected chi connectivity index (χ4v) is 3.85. The molecule has 136 valence electrons. The second-order valence-electron chi connectivity index (χ2n) is 6.26. The summed E-state index contributed by atoms with van der Waals surface area (Å²) in [6.07, 6.45) is 0.593. The van der Waals surface area contributed by atoms with Gasteiger partial charge < -0.3 is 9.84 Å². The minimum atomic E-state index is -0.272. The summed E-state index contributed by atoms with van der Waals surface area (Å²) in [5.41, 5.74) is 3.24. The minimum Gasteiger partial charge on any atom is -0.508 e. The van der Waals surface area contributed by atoms with Crippen LogP contribution in [0.2, 0.25) is 0 Å². The van der Waals surface area contributed by atoms with Gasteiger partial charge in [0.25, 0.3) is 5.91 Å². The van der Waals surface area contributed by atoms with Gasteiger partial charge in [0.1, 0.15) is 11.5 Å². The van der Waals surface area contributed by atoms with Crippen molar-refractivity contribution in [3.63, 3.8) is 0 Å². The van der Waals surface area contributed by atoms with Gasteiger partial charge in [0.2, 0.25) is 0 Å². The van der Waals surface area contributed by atoms with Crippen LogP contribution in [0.1, 0.15) is 33.9 Å². The fraction of sp³-hybridized carbons (Fsp3) is 0.143. The number of carbonyl (C=O) groups is 1. The monoisotopic (exact) mass is 378 g/mol. The molecule has 1 atom stereocenters. The Bertz CT molecular complexity index is 998. The summed E-state index contributed by atoms with van der Waals surface area (Å²) in [4.78, 5) is 13.2. The number of methoxy groups -OCH3 is 1. The number of ether oxygens (including phenoxy) is 1. The first-order valence-electron chi connectivity index (χ1n) is 8.52. The molecule has 4 rings (SSSR count). The van der Waals surface area contributed by atoms with E-state index >= 15 is 0 Å². The summed E-state index contributed by atoms with van der Waals surface area (Å²) in [5.74, 6) is 0.591. The number of benzene rings is 2. The second-order valence-corrected chi connectivity index (χ2v) is 7.04. The first kappa shape index (κ1) is 17.3. The molecular formula is C21H18N2O3S. The van der Waals surface area contributed by atoms with Crippen LogP contribution in [0.4, 0.5) is 0 Å². The predicted octanol–water partition coefficient (Wildman–Crippen LogP) is 4.45. The lowest BCUT2D eigenvalue weighted by Crippen LogP contribution is -2.27. The molecule has 0 spiro atoms. The van der Waals surface area contributed by atoms with Crippen LogP contribution in [0.25, 0.3) is 0 Å². The quantitative estimate of drug-likeness (QED) is 0.729. The van der Waals surface area contributed by atoms with Gasteiger partial charge in [-0.05, 0) is 52.7 Å². The number of thiophene rings is 1. The van der Waals surface area contributed by atoms with Crippen molar-refractivity contribution in [1.82, 2.24) is 5.01 Å². The van der Waals surface area contributed by atoms with Gasteiger partial charge in [-0.25, -0.2) is 5.01 Å². The number of aromatic hydroxyl groups is 1. The van der Waals surface area contributed by atoms with Crippen molar-refractivity contribution in [2.45, 2.75) is 12.5 Å². The Hall–Kier alpha value is -3.12. The van der Waals surface area contributed by atoms with E-state index in [0.717, 1.165) is 16.8 Å². The number of hydrogen-bond acceptors (Lipinski definition) is 5. The summed E-state index contributed by atoms with van der Waals surface area (Å²) in [7, 11) is 1.57. The van der Waals surface area contributed by atoms with Gasteiger partial charge >= 0.3 is 0 Å². The SMILES string of the molecule is COc1cccc(C(=O)N2N=C(c3ccsc3)C[C@H]2c2cccc(O)c2)c1. The maximum absolute atomic E-state index is 13.2. The van der Waals surface area contributed by atoms with Crippen LogP contribution < -0.4 is 4.74 Å². The van der Waals surface area contributed by atoms with Gasteiger partial charge in [0.05, 0.1) is 18.9 Å². The van der Waals surface area contributed by atoms with Crippen molar-refractivity contribution in [3.05, 3.63) is 82.0 Å². The van der Waals surface area contributed by atoms with E-state index in [1.165, 1.54) is 5.01 Å². The lowest BCUT2D eigenvalue weighted by molar-refractivity contribution is 0.0710. The van der Waals surface area contributed by atoms with Gasteiger partial charge in [-0.15, -0.1) is 0 Å². The van der Waals surface area contributed by atoms with Crippen molar-refractivity contribution >= 4 is 23.0 Å². The van der Waals surface area contributed by atoms with E-state index in [1.807, 2.05) is 22.9 Å². The van der Waals surface area contributed by atoms with E-state index < -0.39 is 0 Å². The number of phenols is 1. The highest BCUT2D eigenvalue weighted by Crippen LogP contribution is 2.35. The fourth-order valence-electron chi connectivity index (χ4n) is 3.18. The van der Waals surface area contributed by atoms with E-state index in [1.54, 1.807) is 60.9 Å².